The van der Waals surface area contributed by atoms with Crippen LogP contribution in [0.4, 0.5) is 14.8 Å². The first-order valence-corrected chi connectivity index (χ1v) is 9.70. The number of halogens is 2. The van der Waals surface area contributed by atoms with E-state index in [1.54, 1.807) is 13.0 Å². The van der Waals surface area contributed by atoms with Crippen LogP contribution in [-0.2, 0) is 10.2 Å². The number of amides is 1. The monoisotopic (exact) mass is 411 g/mol. The zero-order valence-electron chi connectivity index (χ0n) is 16.7. The molecular weight excluding hydrogens is 392 g/mol. The highest BCUT2D eigenvalue weighted by Gasteiger charge is 2.67. The summed E-state index contributed by atoms with van der Waals surface area (Å²) >= 11 is 0. The Balaban J connectivity index is 1.61. The van der Waals surface area contributed by atoms with E-state index < -0.39 is 22.5 Å². The summed E-state index contributed by atoms with van der Waals surface area (Å²) in [5.41, 5.74) is -0.178. The Labute approximate surface area is 170 Å². The third kappa shape index (κ3) is 2.31. The number of hydrogen-bond donors (Lipinski definition) is 1. The molecule has 30 heavy (non-hydrogen) atoms. The molecule has 0 aliphatic heterocycles. The quantitative estimate of drug-likeness (QED) is 0.702. The van der Waals surface area contributed by atoms with Gasteiger partial charge in [-0.1, -0.05) is 25.1 Å². The second-order valence-corrected chi connectivity index (χ2v) is 8.45. The molecule has 2 aromatic heterocycles. The van der Waals surface area contributed by atoms with Crippen molar-refractivity contribution in [2.75, 3.05) is 5.32 Å². The lowest BCUT2D eigenvalue weighted by Crippen LogP contribution is -2.46. The van der Waals surface area contributed by atoms with E-state index >= 15 is 0 Å². The van der Waals surface area contributed by atoms with Crippen molar-refractivity contribution in [3.8, 4) is 11.3 Å². The van der Waals surface area contributed by atoms with E-state index in [9.17, 15) is 13.6 Å². The van der Waals surface area contributed by atoms with Crippen LogP contribution in [0.15, 0.2) is 28.8 Å². The Morgan fingerprint density at radius 3 is 2.63 bits per heavy atom. The standard InChI is InChI=1S/C21H19F2N5O2/c1-10-24-19(30-28-10)25-18(29)21-8-7-12(20(21,2)3)11-9-15(26-27-17(11)21)16-13(22)5-4-6-14(16)23/h4-6,9,12H,7-8H2,1-3H3,(H,24,25,28,29). The summed E-state index contributed by atoms with van der Waals surface area (Å²) in [6, 6.07) is 5.37. The van der Waals surface area contributed by atoms with Gasteiger partial charge in [0.05, 0.1) is 22.4 Å². The summed E-state index contributed by atoms with van der Waals surface area (Å²) < 4.78 is 33.6. The van der Waals surface area contributed by atoms with Gasteiger partial charge in [0, 0.05) is 0 Å². The second-order valence-electron chi connectivity index (χ2n) is 8.45. The molecule has 2 unspecified atom stereocenters. The number of carbonyl (C=O) groups is 1. The molecule has 3 aromatic rings. The minimum absolute atomic E-state index is 0.00626. The van der Waals surface area contributed by atoms with Gasteiger partial charge in [0.25, 0.3) is 0 Å². The molecule has 1 N–H and O–H groups in total. The van der Waals surface area contributed by atoms with Crippen molar-refractivity contribution in [3.05, 3.63) is 53.0 Å². The average molecular weight is 411 g/mol. The van der Waals surface area contributed by atoms with Crippen LogP contribution in [-0.4, -0.2) is 26.2 Å². The topological polar surface area (TPSA) is 93.8 Å². The molecule has 5 rings (SSSR count). The van der Waals surface area contributed by atoms with Gasteiger partial charge in [0.15, 0.2) is 5.82 Å². The summed E-state index contributed by atoms with van der Waals surface area (Å²) in [7, 11) is 0. The van der Waals surface area contributed by atoms with Gasteiger partial charge in [-0.25, -0.2) is 8.78 Å². The fraction of sp³-hybridized carbons (Fsp3) is 0.381. The first-order chi connectivity index (χ1) is 14.3. The van der Waals surface area contributed by atoms with E-state index in [2.05, 4.69) is 25.7 Å². The van der Waals surface area contributed by atoms with Gasteiger partial charge in [0.1, 0.15) is 11.6 Å². The van der Waals surface area contributed by atoms with Crippen molar-refractivity contribution in [3.63, 3.8) is 0 Å². The van der Waals surface area contributed by atoms with Gasteiger partial charge in [0.2, 0.25) is 5.91 Å². The van der Waals surface area contributed by atoms with Crippen LogP contribution in [0.1, 0.15) is 49.7 Å². The molecule has 1 fully saturated rings. The normalized spacial score (nSPS) is 23.4. The molecule has 7 nitrogen and oxygen atoms in total. The summed E-state index contributed by atoms with van der Waals surface area (Å²) in [5.74, 6) is -1.28. The minimum Gasteiger partial charge on any atom is -0.315 e. The van der Waals surface area contributed by atoms with Crippen molar-refractivity contribution < 1.29 is 18.1 Å². The van der Waals surface area contributed by atoms with Gasteiger partial charge in [-0.3, -0.25) is 10.1 Å². The van der Waals surface area contributed by atoms with Crippen molar-refractivity contribution in [1.82, 2.24) is 20.3 Å². The first-order valence-electron chi connectivity index (χ1n) is 9.70. The molecule has 2 aliphatic carbocycles. The predicted octanol–water partition coefficient (Wildman–Crippen LogP) is 3.91. The minimum atomic E-state index is -0.950. The molecule has 154 valence electrons. The second kappa shape index (κ2) is 6.13. The summed E-state index contributed by atoms with van der Waals surface area (Å²) in [6.07, 6.45) is 1.33. The molecule has 0 spiro atoms. The lowest BCUT2D eigenvalue weighted by atomic mass is 9.68. The largest absolute Gasteiger partial charge is 0.328 e. The zero-order chi connectivity index (χ0) is 21.3. The summed E-state index contributed by atoms with van der Waals surface area (Å²) in [6.45, 7) is 5.68. The molecule has 1 aromatic carbocycles. The van der Waals surface area contributed by atoms with Crippen LogP contribution in [0.2, 0.25) is 0 Å². The highest BCUT2D eigenvalue weighted by Crippen LogP contribution is 2.67. The fourth-order valence-corrected chi connectivity index (χ4v) is 5.24. The van der Waals surface area contributed by atoms with E-state index in [-0.39, 0.29) is 29.1 Å². The number of nitrogens with one attached hydrogen (secondary N) is 1. The van der Waals surface area contributed by atoms with E-state index in [1.807, 2.05) is 13.8 Å². The van der Waals surface area contributed by atoms with Gasteiger partial charge < -0.3 is 4.52 Å². The molecule has 9 heteroatoms. The maximum Gasteiger partial charge on any atom is 0.328 e. The lowest BCUT2D eigenvalue weighted by Gasteiger charge is -2.35. The highest BCUT2D eigenvalue weighted by molar-refractivity contribution is 6.00. The predicted molar refractivity (Wildman–Crippen MR) is 102 cm³/mol. The van der Waals surface area contributed by atoms with E-state index in [0.29, 0.717) is 17.9 Å². The number of carbonyl (C=O) groups excluding carboxylic acids is 1. The Morgan fingerprint density at radius 2 is 1.97 bits per heavy atom. The highest BCUT2D eigenvalue weighted by atomic mass is 19.1. The number of fused-ring (bicyclic) bond motifs is 5. The van der Waals surface area contributed by atoms with Crippen molar-refractivity contribution in [2.24, 2.45) is 5.41 Å². The molecule has 1 amide bonds. The van der Waals surface area contributed by atoms with Crippen LogP contribution in [0.3, 0.4) is 0 Å². The molecular formula is C21H19F2N5O2. The number of aromatic nitrogens is 4. The Hall–Kier alpha value is -3.23. The molecule has 2 bridgehead atoms. The van der Waals surface area contributed by atoms with Crippen molar-refractivity contribution in [2.45, 2.75) is 44.9 Å². The zero-order valence-corrected chi connectivity index (χ0v) is 16.7. The van der Waals surface area contributed by atoms with Gasteiger partial charge >= 0.3 is 6.01 Å². The van der Waals surface area contributed by atoms with Gasteiger partial charge in [-0.15, -0.1) is 5.10 Å². The smallest absolute Gasteiger partial charge is 0.315 e. The third-order valence-corrected chi connectivity index (χ3v) is 6.74. The van der Waals surface area contributed by atoms with Gasteiger partial charge in [-0.05, 0) is 54.9 Å². The van der Waals surface area contributed by atoms with Crippen LogP contribution in [0.25, 0.3) is 11.3 Å². The third-order valence-electron chi connectivity index (χ3n) is 6.74. The van der Waals surface area contributed by atoms with Crippen LogP contribution in [0.5, 0.6) is 0 Å². The number of anilines is 1. The molecule has 0 radical (unpaired) electrons. The number of hydrogen-bond acceptors (Lipinski definition) is 6. The molecule has 2 aliphatic rings. The van der Waals surface area contributed by atoms with Crippen molar-refractivity contribution >= 4 is 11.9 Å². The SMILES string of the molecule is Cc1noc(NC(=O)C23CCC(c4cc(-c5c(F)cccc5F)nnc42)C3(C)C)n1. The fourth-order valence-electron chi connectivity index (χ4n) is 5.24. The van der Waals surface area contributed by atoms with Crippen LogP contribution < -0.4 is 5.32 Å². The van der Waals surface area contributed by atoms with E-state index in [0.717, 1.165) is 12.0 Å². The summed E-state index contributed by atoms with van der Waals surface area (Å²) in [5, 5.41) is 14.8. The van der Waals surface area contributed by atoms with Gasteiger partial charge in [-0.2, -0.15) is 10.1 Å². The average Bonchev–Trinajstić information content (AvgIpc) is 3.28. The van der Waals surface area contributed by atoms with Crippen molar-refractivity contribution in [1.29, 1.82) is 0 Å². The molecule has 1 saturated carbocycles. The van der Waals surface area contributed by atoms with E-state index in [1.165, 1.54) is 18.2 Å². The Morgan fingerprint density at radius 1 is 1.23 bits per heavy atom. The van der Waals surface area contributed by atoms with E-state index in [4.69, 9.17) is 4.52 Å². The molecule has 0 saturated heterocycles. The Bertz CT molecular complexity index is 1170. The summed E-state index contributed by atoms with van der Waals surface area (Å²) in [4.78, 5) is 17.5. The Kier molecular flexibility index (Phi) is 3.84. The maximum atomic E-state index is 14.3. The van der Waals surface area contributed by atoms with Crippen LogP contribution >= 0.6 is 0 Å². The number of benzene rings is 1. The number of rotatable bonds is 3. The number of nitrogens with zero attached hydrogens (tertiary/aromatic N) is 4. The number of aryl methyl sites for hydroxylation is 1. The maximum absolute atomic E-state index is 14.3. The first kappa shape index (κ1) is 18.8. The molecule has 2 heterocycles. The van der Waals surface area contributed by atoms with Crippen LogP contribution in [0, 0.1) is 24.0 Å². The molecule has 2 atom stereocenters. The lowest BCUT2D eigenvalue weighted by molar-refractivity contribution is -0.124.